The molecule has 1 aromatic rings. The van der Waals surface area contributed by atoms with Crippen LogP contribution in [0.15, 0.2) is 24.3 Å². The predicted octanol–water partition coefficient (Wildman–Crippen LogP) is 0.590. The van der Waals surface area contributed by atoms with Gasteiger partial charge in [-0.25, -0.2) is 12.8 Å². The normalized spacial score (nSPS) is 25.8. The second-order valence-electron chi connectivity index (χ2n) is 6.83. The number of nitrogens with zero attached hydrogens (tertiary/aromatic N) is 2. The highest BCUT2D eigenvalue weighted by atomic mass is 32.2. The molecule has 0 bridgehead atoms. The highest BCUT2D eigenvalue weighted by Crippen LogP contribution is 2.34. The number of morpholine rings is 1. The van der Waals surface area contributed by atoms with E-state index in [-0.39, 0.29) is 36.3 Å². The van der Waals surface area contributed by atoms with Gasteiger partial charge in [-0.05, 0) is 37.0 Å². The largest absolute Gasteiger partial charge is 0.396 e. The van der Waals surface area contributed by atoms with E-state index < -0.39 is 22.4 Å². The first kappa shape index (κ1) is 19.1. The minimum atomic E-state index is -3.76. The molecule has 0 radical (unpaired) electrons. The van der Waals surface area contributed by atoms with Gasteiger partial charge in [0.1, 0.15) is 12.4 Å². The average Bonchev–Trinajstić information content (AvgIpc) is 3.01. The second-order valence-corrected chi connectivity index (χ2v) is 8.74. The van der Waals surface area contributed by atoms with E-state index in [0.29, 0.717) is 26.0 Å². The molecule has 144 valence electrons. The van der Waals surface area contributed by atoms with Crippen molar-refractivity contribution >= 4 is 21.6 Å². The van der Waals surface area contributed by atoms with E-state index in [0.717, 1.165) is 16.6 Å². The van der Waals surface area contributed by atoms with Gasteiger partial charge in [-0.3, -0.25) is 9.10 Å². The summed E-state index contributed by atoms with van der Waals surface area (Å²) in [6, 6.07) is 5.00. The molecule has 1 aliphatic heterocycles. The van der Waals surface area contributed by atoms with Gasteiger partial charge in [0.15, 0.2) is 0 Å². The molecule has 7 nitrogen and oxygen atoms in total. The molecule has 1 heterocycles. The summed E-state index contributed by atoms with van der Waals surface area (Å²) in [5.41, 5.74) is 0.116. The molecule has 0 unspecified atom stereocenters. The van der Waals surface area contributed by atoms with Crippen molar-refractivity contribution < 1.29 is 27.4 Å². The van der Waals surface area contributed by atoms with E-state index in [1.807, 2.05) is 0 Å². The molecule has 26 heavy (non-hydrogen) atoms. The van der Waals surface area contributed by atoms with Crippen LogP contribution in [0.2, 0.25) is 0 Å². The summed E-state index contributed by atoms with van der Waals surface area (Å²) in [6.07, 6.45) is 2.17. The summed E-state index contributed by atoms with van der Waals surface area (Å²) < 4.78 is 44.5. The number of fused-ring (bicyclic) bond motifs is 1. The molecule has 3 atom stereocenters. The fourth-order valence-electron chi connectivity index (χ4n) is 3.75. The maximum absolute atomic E-state index is 13.5. The molecule has 2 fully saturated rings. The Balaban J connectivity index is 1.80. The van der Waals surface area contributed by atoms with Crippen LogP contribution in [0.4, 0.5) is 10.1 Å². The fourth-order valence-corrected chi connectivity index (χ4v) is 4.60. The average molecular weight is 386 g/mol. The van der Waals surface area contributed by atoms with Gasteiger partial charge in [0.25, 0.3) is 0 Å². The number of rotatable bonds is 5. The third kappa shape index (κ3) is 3.99. The van der Waals surface area contributed by atoms with E-state index >= 15 is 0 Å². The summed E-state index contributed by atoms with van der Waals surface area (Å²) in [7, 11) is -3.76. The Bertz CT molecular complexity index is 772. The summed E-state index contributed by atoms with van der Waals surface area (Å²) in [4.78, 5) is 14.5. The van der Waals surface area contributed by atoms with Crippen LogP contribution in [-0.2, 0) is 19.6 Å². The molecule has 1 aliphatic carbocycles. The first-order chi connectivity index (χ1) is 12.3. The molecule has 1 amide bonds. The maximum atomic E-state index is 13.5. The number of carbonyl (C=O) groups is 1. The Hall–Kier alpha value is -1.71. The Labute approximate surface area is 152 Å². The number of hydrogen-bond donors (Lipinski definition) is 1. The third-order valence-electron chi connectivity index (χ3n) is 4.99. The number of ether oxygens (including phenoxy) is 1. The molecule has 1 N–H and O–H groups in total. The first-order valence-electron chi connectivity index (χ1n) is 8.55. The first-order valence-corrected chi connectivity index (χ1v) is 10.4. The summed E-state index contributed by atoms with van der Waals surface area (Å²) in [5, 5.41) is 9.38. The summed E-state index contributed by atoms with van der Waals surface area (Å²) in [6.45, 7) is 0.398. The van der Waals surface area contributed by atoms with Crippen molar-refractivity contribution in [2.24, 2.45) is 5.92 Å². The van der Waals surface area contributed by atoms with Gasteiger partial charge < -0.3 is 14.7 Å². The van der Waals surface area contributed by atoms with Gasteiger partial charge in [-0.15, -0.1) is 0 Å². The zero-order valence-corrected chi connectivity index (χ0v) is 15.4. The lowest BCUT2D eigenvalue weighted by Crippen LogP contribution is -2.54. The van der Waals surface area contributed by atoms with Crippen molar-refractivity contribution in [3.8, 4) is 0 Å². The third-order valence-corrected chi connectivity index (χ3v) is 6.13. The summed E-state index contributed by atoms with van der Waals surface area (Å²) >= 11 is 0. The monoisotopic (exact) mass is 386 g/mol. The zero-order chi connectivity index (χ0) is 18.9. The van der Waals surface area contributed by atoms with Crippen molar-refractivity contribution in [1.29, 1.82) is 0 Å². The van der Waals surface area contributed by atoms with E-state index in [2.05, 4.69) is 0 Å². The topological polar surface area (TPSA) is 87.2 Å². The lowest BCUT2D eigenvalue weighted by molar-refractivity contribution is -0.142. The number of aliphatic hydroxyl groups excluding tert-OH is 1. The highest BCUT2D eigenvalue weighted by molar-refractivity contribution is 7.92. The predicted molar refractivity (Wildman–Crippen MR) is 93.6 cm³/mol. The van der Waals surface area contributed by atoms with Gasteiger partial charge in [0.2, 0.25) is 15.9 Å². The van der Waals surface area contributed by atoms with E-state index in [1.165, 1.54) is 18.2 Å². The van der Waals surface area contributed by atoms with Crippen LogP contribution in [0.3, 0.4) is 0 Å². The molecule has 2 aliphatic rings. The molecule has 9 heteroatoms. The van der Waals surface area contributed by atoms with Crippen LogP contribution < -0.4 is 4.31 Å². The second kappa shape index (κ2) is 7.50. The Morgan fingerprint density at radius 2 is 2.19 bits per heavy atom. The Morgan fingerprint density at radius 1 is 1.42 bits per heavy atom. The lowest BCUT2D eigenvalue weighted by Gasteiger charge is -2.38. The van der Waals surface area contributed by atoms with Crippen molar-refractivity contribution in [3.05, 3.63) is 30.1 Å². The molecular weight excluding hydrogens is 363 g/mol. The number of halogens is 1. The molecule has 0 spiro atoms. The van der Waals surface area contributed by atoms with Crippen LogP contribution in [0.1, 0.15) is 12.8 Å². The fraction of sp³-hybridized carbons (Fsp3) is 0.588. The van der Waals surface area contributed by atoms with Crippen molar-refractivity contribution in [2.45, 2.75) is 25.0 Å². The molecule has 1 saturated carbocycles. The number of sulfonamides is 1. The molecule has 1 saturated heterocycles. The minimum Gasteiger partial charge on any atom is -0.396 e. The number of anilines is 1. The van der Waals surface area contributed by atoms with E-state index in [9.17, 15) is 22.7 Å². The summed E-state index contributed by atoms with van der Waals surface area (Å²) in [5.74, 6) is -0.846. The van der Waals surface area contributed by atoms with Gasteiger partial charge in [-0.1, -0.05) is 6.07 Å². The standard InChI is InChI=1S/C17H23FN2O5S/c1-26(23,24)20(14-4-2-3-13(18)9-14)10-17(22)19-5-6-25-16-8-12(11-21)7-15(16)19/h2-4,9,12,15-16,21H,5-8,10-11H2,1H3/t12-,15+,16+/m1/s1. The number of benzene rings is 1. The number of hydrogen-bond acceptors (Lipinski definition) is 5. The number of carbonyl (C=O) groups excluding carboxylic acids is 1. The number of amides is 1. The SMILES string of the molecule is CS(=O)(=O)N(CC(=O)N1CCO[C@H]2C[C@H](CO)C[C@@H]21)c1cccc(F)c1. The lowest BCUT2D eigenvalue weighted by atomic mass is 10.1. The van der Waals surface area contributed by atoms with Crippen molar-refractivity contribution in [1.82, 2.24) is 4.90 Å². The van der Waals surface area contributed by atoms with E-state index in [1.54, 1.807) is 4.90 Å². The van der Waals surface area contributed by atoms with Gasteiger partial charge in [0.05, 0.1) is 30.7 Å². The molecular formula is C17H23FN2O5S. The van der Waals surface area contributed by atoms with Gasteiger partial charge >= 0.3 is 0 Å². The number of aliphatic hydroxyl groups is 1. The Kier molecular flexibility index (Phi) is 5.50. The highest BCUT2D eigenvalue weighted by Gasteiger charge is 2.43. The Morgan fingerprint density at radius 3 is 2.85 bits per heavy atom. The van der Waals surface area contributed by atoms with E-state index in [4.69, 9.17) is 4.74 Å². The molecule has 3 rings (SSSR count). The molecule has 0 aromatic heterocycles. The van der Waals surface area contributed by atoms with Crippen LogP contribution in [0.5, 0.6) is 0 Å². The van der Waals surface area contributed by atoms with Crippen molar-refractivity contribution in [2.75, 3.05) is 36.9 Å². The quantitative estimate of drug-likeness (QED) is 0.800. The van der Waals surface area contributed by atoms with Crippen LogP contribution in [-0.4, -0.2) is 69.0 Å². The van der Waals surface area contributed by atoms with Crippen LogP contribution in [0, 0.1) is 11.7 Å². The smallest absolute Gasteiger partial charge is 0.243 e. The van der Waals surface area contributed by atoms with Crippen LogP contribution >= 0.6 is 0 Å². The zero-order valence-electron chi connectivity index (χ0n) is 14.5. The molecule has 1 aromatic carbocycles. The van der Waals surface area contributed by atoms with Crippen LogP contribution in [0.25, 0.3) is 0 Å². The van der Waals surface area contributed by atoms with Gasteiger partial charge in [0, 0.05) is 13.2 Å². The minimum absolute atomic E-state index is 0.0388. The van der Waals surface area contributed by atoms with Gasteiger partial charge in [-0.2, -0.15) is 0 Å². The maximum Gasteiger partial charge on any atom is 0.243 e. The van der Waals surface area contributed by atoms with Crippen molar-refractivity contribution in [3.63, 3.8) is 0 Å².